The molecule has 0 unspecified atom stereocenters. The van der Waals surface area contributed by atoms with Gasteiger partial charge in [-0.15, -0.1) is 0 Å². The van der Waals surface area contributed by atoms with Gasteiger partial charge < -0.3 is 0 Å². The molecule has 0 saturated carbocycles. The standard InChI is InChI=1S/C2H6Si.2HI.Zr/c1-3-2;;;/h1-2H3;2*1H;/q;;;+2/p-2. The van der Waals surface area contributed by atoms with Crippen LogP contribution >= 0.6 is 36.1 Å². The van der Waals surface area contributed by atoms with Crippen molar-refractivity contribution in [3.63, 3.8) is 0 Å². The van der Waals surface area contributed by atoms with E-state index in [1.807, 2.05) is 0 Å². The van der Waals surface area contributed by atoms with Gasteiger partial charge in [-0.2, -0.15) is 0 Å². The molecule has 36 valence electrons. The molecule has 0 heterocycles. The van der Waals surface area contributed by atoms with Gasteiger partial charge in [0.2, 0.25) is 0 Å². The van der Waals surface area contributed by atoms with E-state index in [0.717, 1.165) is 0 Å². The first kappa shape index (κ1) is 8.56. The summed E-state index contributed by atoms with van der Waals surface area (Å²) >= 11 is 4.66. The Balaban J connectivity index is 3.68. The molecule has 0 saturated heterocycles. The van der Waals surface area contributed by atoms with Crippen LogP contribution in [-0.2, 0) is 12.0 Å². The quantitative estimate of drug-likeness (QED) is 0.431. The van der Waals surface area contributed by atoms with Crippen LogP contribution in [0.4, 0.5) is 0 Å². The van der Waals surface area contributed by atoms with Crippen LogP contribution in [0, 0.1) is 0 Å². The van der Waals surface area contributed by atoms with Crippen molar-refractivity contribution in [1.29, 1.82) is 0 Å². The molecule has 0 aliphatic carbocycles. The molecule has 0 aliphatic rings. The summed E-state index contributed by atoms with van der Waals surface area (Å²) in [5.74, 6) is 0. The summed E-state index contributed by atoms with van der Waals surface area (Å²) in [6, 6.07) is 0. The van der Waals surface area contributed by atoms with Crippen molar-refractivity contribution in [3.05, 3.63) is 0 Å². The fourth-order valence-electron chi connectivity index (χ4n) is 0. The summed E-state index contributed by atoms with van der Waals surface area (Å²) in [7, 11) is 0. The van der Waals surface area contributed by atoms with Crippen LogP contribution in [0.2, 0.25) is 13.1 Å². The second kappa shape index (κ2) is 4.44. The monoisotopic (exact) mass is 402 g/mol. The summed E-state index contributed by atoms with van der Waals surface area (Å²) in [5, 5.41) is 0. The van der Waals surface area contributed by atoms with E-state index in [1.165, 1.54) is 0 Å². The molecule has 0 fully saturated rings. The summed E-state index contributed by atoms with van der Waals surface area (Å²) < 4.78 is 0. The third-order valence-corrected chi connectivity index (χ3v) is 45.0. The molecular formula is C2H6I2SiZr. The number of halogens is 2. The van der Waals surface area contributed by atoms with Crippen LogP contribution in [0.25, 0.3) is 0 Å². The van der Waals surface area contributed by atoms with Gasteiger partial charge >= 0.3 is 66.6 Å². The van der Waals surface area contributed by atoms with Gasteiger partial charge in [0, 0.05) is 0 Å². The molecule has 0 amide bonds. The molecule has 0 aliphatic heterocycles. The zero-order valence-electron chi connectivity index (χ0n) is 3.76. The first-order valence-corrected chi connectivity index (χ1v) is 22.4. The predicted octanol–water partition coefficient (Wildman–Crippen LogP) is 2.56. The van der Waals surface area contributed by atoms with Crippen molar-refractivity contribution < 1.29 is 12.0 Å². The number of rotatable bonds is 0. The van der Waals surface area contributed by atoms with E-state index < -0.39 is 12.0 Å². The van der Waals surface area contributed by atoms with E-state index in [9.17, 15) is 0 Å². The van der Waals surface area contributed by atoms with Gasteiger partial charge in [-0.05, 0) is 0 Å². The Morgan fingerprint density at radius 2 is 1.50 bits per heavy atom. The van der Waals surface area contributed by atoms with Gasteiger partial charge in [0.15, 0.2) is 0 Å². The molecule has 0 radical (unpaired) electrons. The fourth-order valence-corrected chi connectivity index (χ4v) is 0. The summed E-state index contributed by atoms with van der Waals surface area (Å²) in [6.07, 6.45) is 0. The van der Waals surface area contributed by atoms with Crippen molar-refractivity contribution in [2.75, 3.05) is 0 Å². The molecule has 0 spiro atoms. The molecule has 0 N–H and O–H groups in total. The molecule has 0 bridgehead atoms. The van der Waals surface area contributed by atoms with Crippen molar-refractivity contribution in [1.82, 2.24) is 0 Å². The average Bonchev–Trinajstić information content (AvgIpc) is 1.36. The van der Waals surface area contributed by atoms with Gasteiger partial charge in [0.25, 0.3) is 0 Å². The molecule has 0 aromatic carbocycles. The van der Waals surface area contributed by atoms with Crippen LogP contribution in [0.15, 0.2) is 0 Å². The van der Waals surface area contributed by atoms with E-state index in [2.05, 4.69) is 49.2 Å². The maximum atomic E-state index is 2.66. The van der Waals surface area contributed by atoms with Crippen molar-refractivity contribution in [2.24, 2.45) is 0 Å². The molecule has 0 nitrogen and oxygen atoms in total. The SMILES string of the molecule is C[Si](C)=[Zr]([I])[I]. The number of hydrogen-bond donors (Lipinski definition) is 0. The second-order valence-electron chi connectivity index (χ2n) is 1.26. The third-order valence-electron chi connectivity index (χ3n) is 0.378. The Morgan fingerprint density at radius 1 is 1.33 bits per heavy atom. The Morgan fingerprint density at radius 3 is 1.50 bits per heavy atom. The van der Waals surface area contributed by atoms with Crippen LogP contribution in [0.1, 0.15) is 0 Å². The minimum absolute atomic E-state index is 0.218. The minimum atomic E-state index is -0.658. The predicted molar refractivity (Wildman–Crippen MR) is 45.5 cm³/mol. The van der Waals surface area contributed by atoms with Crippen LogP contribution in [0.5, 0.6) is 0 Å². The molecule has 0 aromatic rings. The molecular weight excluding hydrogens is 397 g/mol. The third kappa shape index (κ3) is 4.71. The van der Waals surface area contributed by atoms with Crippen molar-refractivity contribution in [3.8, 4) is 0 Å². The van der Waals surface area contributed by atoms with Crippen LogP contribution < -0.4 is 0 Å². The summed E-state index contributed by atoms with van der Waals surface area (Å²) in [4.78, 5) is 0. The molecule has 0 aromatic heterocycles. The Labute approximate surface area is 65.0 Å². The summed E-state index contributed by atoms with van der Waals surface area (Å²) in [5.41, 5.74) is 0.218. The topological polar surface area (TPSA) is 0 Å². The number of hydrogen-bond acceptors (Lipinski definition) is 0. The van der Waals surface area contributed by atoms with Gasteiger partial charge in [0.05, 0.1) is 0 Å². The molecule has 0 atom stereocenters. The van der Waals surface area contributed by atoms with Gasteiger partial charge in [0.1, 0.15) is 0 Å². The maximum absolute atomic E-state index is 2.66. The van der Waals surface area contributed by atoms with E-state index >= 15 is 0 Å². The Hall–Kier alpha value is 2.56. The summed E-state index contributed by atoms with van der Waals surface area (Å²) in [6.45, 7) is 4.83. The van der Waals surface area contributed by atoms with E-state index in [-0.39, 0.29) is 5.43 Å². The Bertz CT molecular complexity index is 61.6. The van der Waals surface area contributed by atoms with Crippen LogP contribution in [0.3, 0.4) is 0 Å². The fraction of sp³-hybridized carbons (Fsp3) is 1.00. The molecule has 0 rings (SSSR count). The molecule has 6 heavy (non-hydrogen) atoms. The van der Waals surface area contributed by atoms with Gasteiger partial charge in [-0.1, -0.05) is 0 Å². The van der Waals surface area contributed by atoms with Gasteiger partial charge in [-0.3, -0.25) is 0 Å². The second-order valence-corrected chi connectivity index (χ2v) is 51.9. The van der Waals surface area contributed by atoms with Gasteiger partial charge in [-0.25, -0.2) is 0 Å². The van der Waals surface area contributed by atoms with Crippen molar-refractivity contribution >= 4 is 41.5 Å². The van der Waals surface area contributed by atoms with E-state index in [0.29, 0.717) is 0 Å². The average molecular weight is 403 g/mol. The Kier molecular flexibility index (Phi) is 6.33. The molecule has 4 heteroatoms. The first-order chi connectivity index (χ1) is 2.64. The van der Waals surface area contributed by atoms with Crippen LogP contribution in [-0.4, -0.2) is 5.43 Å². The van der Waals surface area contributed by atoms with Crippen molar-refractivity contribution in [2.45, 2.75) is 13.1 Å². The normalized spacial score (nSPS) is 8.00. The zero-order valence-corrected chi connectivity index (χ0v) is 11.5. The van der Waals surface area contributed by atoms with E-state index in [4.69, 9.17) is 0 Å². The van der Waals surface area contributed by atoms with E-state index in [1.54, 1.807) is 0 Å². The zero-order chi connectivity index (χ0) is 5.15. The first-order valence-electron chi connectivity index (χ1n) is 1.63.